The van der Waals surface area contributed by atoms with Gasteiger partial charge in [0.05, 0.1) is 4.88 Å². The molecule has 4 nitrogen and oxygen atoms in total. The average Bonchev–Trinajstić information content (AvgIpc) is 2.64. The van der Waals surface area contributed by atoms with Crippen molar-refractivity contribution < 1.29 is 9.90 Å². The Hall–Kier alpha value is -1.11. The third kappa shape index (κ3) is 2.43. The molecule has 0 bridgehead atoms. The first-order valence-electron chi connectivity index (χ1n) is 4.44. The van der Waals surface area contributed by atoms with E-state index < -0.39 is 5.97 Å². The number of nitrogens with zero attached hydrogens (tertiary/aromatic N) is 1. The maximum atomic E-state index is 11.0. The summed E-state index contributed by atoms with van der Waals surface area (Å²) in [4.78, 5) is 15.3. The molecule has 0 amide bonds. The Morgan fingerprint density at radius 2 is 2.24 bits per heavy atom. The van der Waals surface area contributed by atoms with Crippen molar-refractivity contribution in [2.24, 2.45) is 0 Å². The largest absolute Gasteiger partial charge is 0.476 e. The fourth-order valence-electron chi connectivity index (χ4n) is 1.34. The second-order valence-corrected chi connectivity index (χ2v) is 5.48. The van der Waals surface area contributed by atoms with Gasteiger partial charge in [-0.15, -0.1) is 0 Å². The molecule has 1 heterocycles. The summed E-state index contributed by atoms with van der Waals surface area (Å²) in [5.74, 6) is -1.11. The van der Waals surface area contributed by atoms with Gasteiger partial charge in [-0.2, -0.15) is 0 Å². The first-order valence-corrected chi connectivity index (χ1v) is 6.43. The van der Waals surface area contributed by atoms with Crippen molar-refractivity contribution in [3.63, 3.8) is 0 Å². The van der Waals surface area contributed by atoms with Crippen LogP contribution in [-0.4, -0.2) is 16.1 Å². The van der Waals surface area contributed by atoms with E-state index in [0.717, 1.165) is 15.8 Å². The Morgan fingerprint density at radius 1 is 1.53 bits per heavy atom. The van der Waals surface area contributed by atoms with Crippen LogP contribution in [0.4, 0.5) is 5.13 Å². The lowest BCUT2D eigenvalue weighted by Crippen LogP contribution is -1.99. The number of hydrogen-bond acceptors (Lipinski definition) is 4. The van der Waals surface area contributed by atoms with Crippen LogP contribution in [-0.2, 0) is 0 Å². The molecule has 0 saturated heterocycles. The highest BCUT2D eigenvalue weighted by molar-refractivity contribution is 9.10. The number of aromatic nitrogens is 1. The van der Waals surface area contributed by atoms with E-state index in [0.29, 0.717) is 15.5 Å². The van der Waals surface area contributed by atoms with Gasteiger partial charge in [-0.1, -0.05) is 38.9 Å². The lowest BCUT2D eigenvalue weighted by Gasteiger charge is -2.03. The van der Waals surface area contributed by atoms with Crippen LogP contribution in [0.5, 0.6) is 0 Å². The number of rotatable bonds is 2. The molecule has 17 heavy (non-hydrogen) atoms. The maximum Gasteiger partial charge on any atom is 0.356 e. The fourth-order valence-corrected chi connectivity index (χ4v) is 2.94. The molecular weight excluding hydrogens is 328 g/mol. The first-order chi connectivity index (χ1) is 7.99. The molecule has 2 rings (SSSR count). The summed E-state index contributed by atoms with van der Waals surface area (Å²) in [6, 6.07) is 5.13. The number of thiazole rings is 1. The van der Waals surface area contributed by atoms with E-state index in [1.54, 1.807) is 18.2 Å². The van der Waals surface area contributed by atoms with Gasteiger partial charge in [0.2, 0.25) is 0 Å². The smallest absolute Gasteiger partial charge is 0.356 e. The Bertz CT molecular complexity index is 600. The molecule has 2 aromatic rings. The number of carboxylic acid groups (broad SMARTS) is 1. The Balaban J connectivity index is 2.67. The number of halogens is 2. The van der Waals surface area contributed by atoms with Crippen LogP contribution in [0.1, 0.15) is 10.5 Å². The standard InChI is InChI=1S/C10H6BrClN2O2S/c11-6-2-1-4(12)3-5(6)8-7(9(15)16)14-10(13)17-8/h1-3H,(H2,13,14)(H,15,16). The number of anilines is 1. The Kier molecular flexibility index (Phi) is 3.37. The van der Waals surface area contributed by atoms with Crippen molar-refractivity contribution in [2.45, 2.75) is 0 Å². The van der Waals surface area contributed by atoms with Gasteiger partial charge in [-0.25, -0.2) is 9.78 Å². The van der Waals surface area contributed by atoms with E-state index >= 15 is 0 Å². The van der Waals surface area contributed by atoms with Crippen LogP contribution in [0.25, 0.3) is 10.4 Å². The zero-order valence-corrected chi connectivity index (χ0v) is 11.4. The summed E-state index contributed by atoms with van der Waals surface area (Å²) in [6.07, 6.45) is 0. The Morgan fingerprint density at radius 3 is 2.88 bits per heavy atom. The number of nitrogen functional groups attached to an aromatic ring is 1. The average molecular weight is 334 g/mol. The second kappa shape index (κ2) is 4.64. The van der Waals surface area contributed by atoms with E-state index in [9.17, 15) is 4.79 Å². The number of nitrogens with two attached hydrogens (primary N) is 1. The Labute approximate surface area is 114 Å². The van der Waals surface area contributed by atoms with Gasteiger partial charge >= 0.3 is 5.97 Å². The molecule has 88 valence electrons. The molecule has 0 aliphatic rings. The summed E-state index contributed by atoms with van der Waals surface area (Å²) in [7, 11) is 0. The van der Waals surface area contributed by atoms with Crippen molar-refractivity contribution in [2.75, 3.05) is 5.73 Å². The quantitative estimate of drug-likeness (QED) is 0.882. The zero-order chi connectivity index (χ0) is 12.6. The minimum Gasteiger partial charge on any atom is -0.476 e. The number of hydrogen-bond donors (Lipinski definition) is 2. The van der Waals surface area contributed by atoms with Crippen LogP contribution in [0.2, 0.25) is 5.02 Å². The van der Waals surface area contributed by atoms with Crippen molar-refractivity contribution >= 4 is 50.0 Å². The second-order valence-electron chi connectivity index (χ2n) is 3.16. The van der Waals surface area contributed by atoms with Gasteiger partial charge in [0.15, 0.2) is 10.8 Å². The molecule has 0 unspecified atom stereocenters. The number of carbonyl (C=O) groups is 1. The molecule has 1 aromatic heterocycles. The summed E-state index contributed by atoms with van der Waals surface area (Å²) in [5, 5.41) is 9.77. The van der Waals surface area contributed by atoms with Crippen LogP contribution in [0, 0.1) is 0 Å². The summed E-state index contributed by atoms with van der Waals surface area (Å²) < 4.78 is 0.744. The summed E-state index contributed by atoms with van der Waals surface area (Å²) in [5.41, 5.74) is 6.15. The van der Waals surface area contributed by atoms with Gasteiger partial charge in [0, 0.05) is 15.1 Å². The van der Waals surface area contributed by atoms with Crippen LogP contribution < -0.4 is 5.73 Å². The molecule has 0 spiro atoms. The van der Waals surface area contributed by atoms with Crippen LogP contribution >= 0.6 is 38.9 Å². The normalized spacial score (nSPS) is 10.5. The zero-order valence-electron chi connectivity index (χ0n) is 8.28. The predicted octanol–water partition coefficient (Wildman–Crippen LogP) is 3.51. The molecule has 1 aromatic carbocycles. The van der Waals surface area contributed by atoms with Gasteiger partial charge in [0.1, 0.15) is 0 Å². The lowest BCUT2D eigenvalue weighted by molar-refractivity contribution is 0.0692. The maximum absolute atomic E-state index is 11.0. The number of carboxylic acids is 1. The highest BCUT2D eigenvalue weighted by atomic mass is 79.9. The van der Waals surface area contributed by atoms with E-state index in [2.05, 4.69) is 20.9 Å². The molecule has 3 N–H and O–H groups in total. The predicted molar refractivity (Wildman–Crippen MR) is 71.6 cm³/mol. The number of aromatic carboxylic acids is 1. The molecule has 7 heteroatoms. The topological polar surface area (TPSA) is 76.2 Å². The minimum atomic E-state index is -1.11. The van der Waals surface area contributed by atoms with Crippen molar-refractivity contribution in [1.82, 2.24) is 4.98 Å². The van der Waals surface area contributed by atoms with E-state index in [1.165, 1.54) is 0 Å². The van der Waals surface area contributed by atoms with E-state index in [4.69, 9.17) is 22.4 Å². The molecule has 0 fully saturated rings. The van der Waals surface area contributed by atoms with Gasteiger partial charge in [-0.3, -0.25) is 0 Å². The molecule has 0 aliphatic carbocycles. The van der Waals surface area contributed by atoms with E-state index in [-0.39, 0.29) is 10.8 Å². The van der Waals surface area contributed by atoms with Gasteiger partial charge < -0.3 is 10.8 Å². The first kappa shape index (κ1) is 12.3. The third-order valence-corrected chi connectivity index (χ3v) is 3.86. The van der Waals surface area contributed by atoms with Crippen molar-refractivity contribution in [1.29, 1.82) is 0 Å². The number of benzene rings is 1. The van der Waals surface area contributed by atoms with Crippen LogP contribution in [0.3, 0.4) is 0 Å². The molecular formula is C10H6BrClN2O2S. The fraction of sp³-hybridized carbons (Fsp3) is 0. The SMILES string of the molecule is Nc1nc(C(=O)O)c(-c2cc(Cl)ccc2Br)s1. The third-order valence-electron chi connectivity index (χ3n) is 2.02. The highest BCUT2D eigenvalue weighted by Crippen LogP contribution is 2.37. The molecule has 0 saturated carbocycles. The van der Waals surface area contributed by atoms with Crippen molar-refractivity contribution in [3.8, 4) is 10.4 Å². The van der Waals surface area contributed by atoms with Crippen LogP contribution in [0.15, 0.2) is 22.7 Å². The van der Waals surface area contributed by atoms with E-state index in [1.807, 2.05) is 0 Å². The van der Waals surface area contributed by atoms with Gasteiger partial charge in [0.25, 0.3) is 0 Å². The van der Waals surface area contributed by atoms with Crippen molar-refractivity contribution in [3.05, 3.63) is 33.4 Å². The highest BCUT2D eigenvalue weighted by Gasteiger charge is 2.19. The molecule has 0 radical (unpaired) electrons. The summed E-state index contributed by atoms with van der Waals surface area (Å²) >= 11 is 10.4. The minimum absolute atomic E-state index is 0.0598. The van der Waals surface area contributed by atoms with Gasteiger partial charge in [-0.05, 0) is 18.2 Å². The monoisotopic (exact) mass is 332 g/mol. The molecule has 0 aliphatic heterocycles. The summed E-state index contributed by atoms with van der Waals surface area (Å²) in [6.45, 7) is 0. The molecule has 0 atom stereocenters. The lowest BCUT2D eigenvalue weighted by atomic mass is 10.1.